The van der Waals surface area contributed by atoms with Gasteiger partial charge in [-0.2, -0.15) is 5.10 Å². The lowest BCUT2D eigenvalue weighted by Gasteiger charge is -2.07. The van der Waals surface area contributed by atoms with Crippen molar-refractivity contribution >= 4 is 33.3 Å². The van der Waals surface area contributed by atoms with Gasteiger partial charge in [0.05, 0.1) is 16.9 Å². The molecule has 7 nitrogen and oxygen atoms in total. The Labute approximate surface area is 124 Å². The zero-order chi connectivity index (χ0) is 15.6. The van der Waals surface area contributed by atoms with Gasteiger partial charge < -0.3 is 5.11 Å². The molecule has 0 unspecified atom stereocenters. The molecule has 112 valence electrons. The number of nitrogens with zero attached hydrogens (tertiary/aromatic N) is 2. The van der Waals surface area contributed by atoms with Gasteiger partial charge in [0.15, 0.2) is 0 Å². The lowest BCUT2D eigenvalue weighted by Crippen LogP contribution is -2.13. The minimum absolute atomic E-state index is 0.0258. The predicted octanol–water partition coefficient (Wildman–Crippen LogP) is 1.56. The number of aliphatic carboxylic acids is 1. The summed E-state index contributed by atoms with van der Waals surface area (Å²) < 4.78 is 40.3. The number of nitrogens with one attached hydrogen (secondary N) is 1. The van der Waals surface area contributed by atoms with E-state index in [4.69, 9.17) is 16.7 Å². The number of anilines is 1. The Balaban J connectivity index is 2.28. The van der Waals surface area contributed by atoms with E-state index in [0.717, 1.165) is 29.2 Å². The summed E-state index contributed by atoms with van der Waals surface area (Å²) >= 11 is 5.77. The number of rotatable bonds is 5. The quantitative estimate of drug-likeness (QED) is 0.864. The third-order valence-electron chi connectivity index (χ3n) is 2.39. The highest BCUT2D eigenvalue weighted by molar-refractivity contribution is 7.92. The number of carboxylic acids is 1. The van der Waals surface area contributed by atoms with Crippen molar-refractivity contribution in [1.82, 2.24) is 9.78 Å². The fourth-order valence-corrected chi connectivity index (χ4v) is 2.73. The van der Waals surface area contributed by atoms with E-state index in [-0.39, 0.29) is 15.6 Å². The normalized spacial score (nSPS) is 11.3. The molecular formula is C11H9ClFN3O4S. The molecule has 21 heavy (non-hydrogen) atoms. The van der Waals surface area contributed by atoms with Crippen molar-refractivity contribution in [3.05, 3.63) is 41.4 Å². The first kappa shape index (κ1) is 15.3. The predicted molar refractivity (Wildman–Crippen MR) is 72.1 cm³/mol. The molecule has 0 aliphatic rings. The molecule has 1 heterocycles. The molecule has 1 aromatic heterocycles. The van der Waals surface area contributed by atoms with Gasteiger partial charge in [-0.15, -0.1) is 0 Å². The minimum Gasteiger partial charge on any atom is -0.480 e. The minimum atomic E-state index is -4.04. The molecule has 0 amide bonds. The van der Waals surface area contributed by atoms with E-state index in [1.54, 1.807) is 0 Å². The summed E-state index contributed by atoms with van der Waals surface area (Å²) in [6, 6.07) is 3.23. The van der Waals surface area contributed by atoms with Crippen molar-refractivity contribution in [2.75, 3.05) is 4.72 Å². The van der Waals surface area contributed by atoms with Gasteiger partial charge in [-0.25, -0.2) is 12.8 Å². The smallest absolute Gasteiger partial charge is 0.325 e. The Bertz CT molecular complexity index is 791. The van der Waals surface area contributed by atoms with Crippen LogP contribution in [0.2, 0.25) is 5.02 Å². The van der Waals surface area contributed by atoms with Gasteiger partial charge >= 0.3 is 5.97 Å². The lowest BCUT2D eigenvalue weighted by atomic mass is 10.3. The maximum absolute atomic E-state index is 13.1. The van der Waals surface area contributed by atoms with Crippen molar-refractivity contribution in [2.24, 2.45) is 0 Å². The molecule has 0 aliphatic heterocycles. The molecule has 0 fully saturated rings. The maximum Gasteiger partial charge on any atom is 0.325 e. The van der Waals surface area contributed by atoms with Crippen molar-refractivity contribution in [3.63, 3.8) is 0 Å². The number of benzene rings is 1. The van der Waals surface area contributed by atoms with Crippen molar-refractivity contribution < 1.29 is 22.7 Å². The van der Waals surface area contributed by atoms with Crippen molar-refractivity contribution in [3.8, 4) is 0 Å². The highest BCUT2D eigenvalue weighted by Gasteiger charge is 2.19. The molecule has 10 heteroatoms. The van der Waals surface area contributed by atoms with Crippen LogP contribution in [0.25, 0.3) is 0 Å². The first-order chi connectivity index (χ1) is 9.78. The van der Waals surface area contributed by atoms with Gasteiger partial charge in [0.2, 0.25) is 0 Å². The molecule has 0 saturated carbocycles. The molecule has 0 spiro atoms. The Kier molecular flexibility index (Phi) is 4.14. The Hall–Kier alpha value is -2.13. The number of sulfonamides is 1. The Morgan fingerprint density at radius 1 is 1.48 bits per heavy atom. The molecule has 1 aromatic carbocycles. The molecular weight excluding hydrogens is 325 g/mol. The topological polar surface area (TPSA) is 101 Å². The molecule has 0 saturated heterocycles. The van der Waals surface area contributed by atoms with Crippen LogP contribution in [-0.4, -0.2) is 29.3 Å². The lowest BCUT2D eigenvalue weighted by molar-refractivity contribution is -0.137. The van der Waals surface area contributed by atoms with E-state index in [2.05, 4.69) is 9.82 Å². The number of halogens is 2. The standard InChI is InChI=1S/C11H9ClFN3O4S/c12-9-2-1-7(13)3-10(9)15-21(19,20)8-4-14-16(5-8)6-11(17)18/h1-5,15H,6H2,(H,17,18). The summed E-state index contributed by atoms with van der Waals surface area (Å²) in [5, 5.41) is 12.2. The molecule has 0 radical (unpaired) electrons. The van der Waals surface area contributed by atoms with Gasteiger partial charge in [-0.3, -0.25) is 14.2 Å². The summed E-state index contributed by atoms with van der Waals surface area (Å²) in [7, 11) is -4.04. The highest BCUT2D eigenvalue weighted by Crippen LogP contribution is 2.25. The summed E-state index contributed by atoms with van der Waals surface area (Å²) in [5.74, 6) is -1.82. The molecule has 0 aliphatic carbocycles. The second-order valence-electron chi connectivity index (χ2n) is 4.00. The van der Waals surface area contributed by atoms with Gasteiger partial charge in [0.25, 0.3) is 10.0 Å². The van der Waals surface area contributed by atoms with Gasteiger partial charge in [-0.1, -0.05) is 11.6 Å². The maximum atomic E-state index is 13.1. The van der Waals surface area contributed by atoms with Crippen molar-refractivity contribution in [2.45, 2.75) is 11.4 Å². The molecule has 2 N–H and O–H groups in total. The Morgan fingerprint density at radius 2 is 2.19 bits per heavy atom. The fourth-order valence-electron chi connectivity index (χ4n) is 1.49. The van der Waals surface area contributed by atoms with Crippen LogP contribution in [0, 0.1) is 5.82 Å². The second kappa shape index (κ2) is 5.70. The number of aromatic nitrogens is 2. The molecule has 2 aromatic rings. The third kappa shape index (κ3) is 3.70. The number of hydrogen-bond acceptors (Lipinski definition) is 4. The molecule has 2 rings (SSSR count). The highest BCUT2D eigenvalue weighted by atomic mass is 35.5. The van der Waals surface area contributed by atoms with E-state index in [0.29, 0.717) is 0 Å². The van der Waals surface area contributed by atoms with E-state index in [1.807, 2.05) is 0 Å². The first-order valence-electron chi connectivity index (χ1n) is 5.50. The van der Waals surface area contributed by atoms with Gasteiger partial charge in [0.1, 0.15) is 17.3 Å². The summed E-state index contributed by atoms with van der Waals surface area (Å²) in [5.41, 5.74) is -0.123. The van der Waals surface area contributed by atoms with Crippen LogP contribution in [0.4, 0.5) is 10.1 Å². The zero-order valence-corrected chi connectivity index (χ0v) is 11.9. The van der Waals surface area contributed by atoms with Crippen molar-refractivity contribution in [1.29, 1.82) is 0 Å². The van der Waals surface area contributed by atoms with E-state index in [1.165, 1.54) is 6.07 Å². The largest absolute Gasteiger partial charge is 0.480 e. The van der Waals surface area contributed by atoms with Gasteiger partial charge in [-0.05, 0) is 18.2 Å². The molecule has 0 atom stereocenters. The molecule has 0 bridgehead atoms. The summed E-state index contributed by atoms with van der Waals surface area (Å²) in [4.78, 5) is 10.3. The number of hydrogen-bond donors (Lipinski definition) is 2. The van der Waals surface area contributed by atoms with Crippen LogP contribution >= 0.6 is 11.6 Å². The number of carboxylic acid groups (broad SMARTS) is 1. The first-order valence-corrected chi connectivity index (χ1v) is 7.36. The van der Waals surface area contributed by atoms with Crippen LogP contribution in [0.3, 0.4) is 0 Å². The SMILES string of the molecule is O=C(O)Cn1cc(S(=O)(=O)Nc2cc(F)ccc2Cl)cn1. The van der Waals surface area contributed by atoms with E-state index in [9.17, 15) is 17.6 Å². The van der Waals surface area contributed by atoms with Crippen LogP contribution in [0.5, 0.6) is 0 Å². The van der Waals surface area contributed by atoms with Crippen LogP contribution in [0.15, 0.2) is 35.5 Å². The van der Waals surface area contributed by atoms with E-state index < -0.39 is 28.4 Å². The van der Waals surface area contributed by atoms with Crippen LogP contribution in [-0.2, 0) is 21.4 Å². The average Bonchev–Trinajstić information content (AvgIpc) is 2.82. The van der Waals surface area contributed by atoms with Crippen LogP contribution < -0.4 is 4.72 Å². The summed E-state index contributed by atoms with van der Waals surface area (Å²) in [6.07, 6.45) is 2.03. The van der Waals surface area contributed by atoms with Gasteiger partial charge in [0, 0.05) is 6.20 Å². The number of carbonyl (C=O) groups is 1. The second-order valence-corrected chi connectivity index (χ2v) is 6.09. The van der Waals surface area contributed by atoms with Crippen LogP contribution in [0.1, 0.15) is 0 Å². The third-order valence-corrected chi connectivity index (χ3v) is 4.04. The summed E-state index contributed by atoms with van der Waals surface area (Å²) in [6.45, 7) is -0.476. The average molecular weight is 334 g/mol. The fraction of sp³-hybridized carbons (Fsp3) is 0.0909. The van der Waals surface area contributed by atoms with E-state index >= 15 is 0 Å². The Morgan fingerprint density at radius 3 is 2.86 bits per heavy atom. The monoisotopic (exact) mass is 333 g/mol. The zero-order valence-electron chi connectivity index (χ0n) is 10.3.